The van der Waals surface area contributed by atoms with Gasteiger partial charge in [-0.1, -0.05) is 42.5 Å². The molecule has 0 saturated carbocycles. The van der Waals surface area contributed by atoms with Gasteiger partial charge in [-0.25, -0.2) is 0 Å². The van der Waals surface area contributed by atoms with Crippen molar-refractivity contribution in [1.82, 2.24) is 15.1 Å². The van der Waals surface area contributed by atoms with E-state index in [0.29, 0.717) is 6.54 Å². The Morgan fingerprint density at radius 3 is 1.94 bits per heavy atom. The van der Waals surface area contributed by atoms with E-state index in [0.717, 1.165) is 68.6 Å². The van der Waals surface area contributed by atoms with Crippen molar-refractivity contribution in [2.75, 3.05) is 26.2 Å². The standard InChI is InChI=1S/C26H33N3O2/c30-25(28-16-6-2-7-17-28)23-14-12-21(13-15-23)20-27-24(22-10-4-1-5-11-22)26(31)29-18-8-3-9-19-29/h1,4-5,10-15,24,27H,2-3,6-9,16-20H2/t24-/m1/s1. The topological polar surface area (TPSA) is 52.7 Å². The van der Waals surface area contributed by atoms with Gasteiger partial charge in [0.25, 0.3) is 5.91 Å². The lowest BCUT2D eigenvalue weighted by Gasteiger charge is -2.31. The molecule has 31 heavy (non-hydrogen) atoms. The lowest BCUT2D eigenvalue weighted by atomic mass is 10.0. The number of piperidine rings is 2. The zero-order valence-electron chi connectivity index (χ0n) is 18.3. The van der Waals surface area contributed by atoms with Gasteiger partial charge in [0, 0.05) is 38.3 Å². The van der Waals surface area contributed by atoms with Gasteiger partial charge in [0.05, 0.1) is 0 Å². The number of hydrogen-bond acceptors (Lipinski definition) is 3. The summed E-state index contributed by atoms with van der Waals surface area (Å²) in [6.45, 7) is 3.99. The summed E-state index contributed by atoms with van der Waals surface area (Å²) >= 11 is 0. The Hall–Kier alpha value is -2.66. The molecule has 0 aromatic heterocycles. The largest absolute Gasteiger partial charge is 0.341 e. The highest BCUT2D eigenvalue weighted by molar-refractivity contribution is 5.94. The van der Waals surface area contributed by atoms with Crippen molar-refractivity contribution in [2.24, 2.45) is 0 Å². The van der Waals surface area contributed by atoms with Crippen molar-refractivity contribution in [2.45, 2.75) is 51.1 Å². The molecule has 2 aromatic rings. The van der Waals surface area contributed by atoms with Crippen molar-refractivity contribution in [1.29, 1.82) is 0 Å². The summed E-state index contributed by atoms with van der Waals surface area (Å²) in [5.74, 6) is 0.282. The molecular weight excluding hydrogens is 386 g/mol. The molecule has 0 bridgehead atoms. The molecule has 4 rings (SSSR count). The second kappa shape index (κ2) is 10.6. The third-order valence-electron chi connectivity index (χ3n) is 6.40. The molecule has 2 saturated heterocycles. The third kappa shape index (κ3) is 5.53. The van der Waals surface area contributed by atoms with E-state index in [1.54, 1.807) is 0 Å². The van der Waals surface area contributed by atoms with Crippen molar-refractivity contribution in [3.05, 3.63) is 71.3 Å². The van der Waals surface area contributed by atoms with Crippen LogP contribution >= 0.6 is 0 Å². The Bertz CT molecular complexity index is 854. The SMILES string of the molecule is O=C(c1ccc(CN[C@@H](C(=O)N2CCCCC2)c2ccccc2)cc1)N1CCCCC1. The maximum atomic E-state index is 13.3. The number of nitrogens with one attached hydrogen (secondary N) is 1. The summed E-state index contributed by atoms with van der Waals surface area (Å²) in [5, 5.41) is 3.47. The van der Waals surface area contributed by atoms with Crippen LogP contribution in [0, 0.1) is 0 Å². The van der Waals surface area contributed by atoms with E-state index in [1.807, 2.05) is 64.4 Å². The van der Waals surface area contributed by atoms with E-state index in [1.165, 1.54) is 12.8 Å². The highest BCUT2D eigenvalue weighted by atomic mass is 16.2. The van der Waals surface area contributed by atoms with Crippen LogP contribution in [-0.2, 0) is 11.3 Å². The zero-order chi connectivity index (χ0) is 21.5. The second-order valence-corrected chi connectivity index (χ2v) is 8.66. The minimum absolute atomic E-state index is 0.127. The highest BCUT2D eigenvalue weighted by Gasteiger charge is 2.26. The Morgan fingerprint density at radius 2 is 1.32 bits per heavy atom. The number of rotatable bonds is 6. The van der Waals surface area contributed by atoms with Gasteiger partial charge in [0.1, 0.15) is 6.04 Å². The molecule has 2 aliphatic heterocycles. The summed E-state index contributed by atoms with van der Waals surface area (Å²) in [6, 6.07) is 17.4. The quantitative estimate of drug-likeness (QED) is 0.765. The molecule has 0 spiro atoms. The van der Waals surface area contributed by atoms with Gasteiger partial charge in [-0.3, -0.25) is 14.9 Å². The molecule has 5 nitrogen and oxygen atoms in total. The van der Waals surface area contributed by atoms with Crippen molar-refractivity contribution in [3.8, 4) is 0 Å². The van der Waals surface area contributed by atoms with Crippen LogP contribution in [0.5, 0.6) is 0 Å². The number of carbonyl (C=O) groups is 2. The van der Waals surface area contributed by atoms with Crippen LogP contribution in [0.2, 0.25) is 0 Å². The van der Waals surface area contributed by atoms with Crippen LogP contribution in [0.15, 0.2) is 54.6 Å². The zero-order valence-corrected chi connectivity index (χ0v) is 18.3. The van der Waals surface area contributed by atoms with Crippen molar-refractivity contribution < 1.29 is 9.59 Å². The van der Waals surface area contributed by atoms with E-state index in [9.17, 15) is 9.59 Å². The number of likely N-dealkylation sites (tertiary alicyclic amines) is 2. The minimum atomic E-state index is -0.353. The molecule has 2 aliphatic rings. The predicted molar refractivity (Wildman–Crippen MR) is 123 cm³/mol. The molecule has 2 aromatic carbocycles. The van der Waals surface area contributed by atoms with Gasteiger partial charge in [-0.15, -0.1) is 0 Å². The van der Waals surface area contributed by atoms with E-state index in [2.05, 4.69) is 5.32 Å². The minimum Gasteiger partial charge on any atom is -0.341 e. The van der Waals surface area contributed by atoms with Crippen molar-refractivity contribution in [3.63, 3.8) is 0 Å². The predicted octanol–water partition coefficient (Wildman–Crippen LogP) is 4.16. The summed E-state index contributed by atoms with van der Waals surface area (Å²) in [6.07, 6.45) is 6.78. The van der Waals surface area contributed by atoms with Crippen LogP contribution < -0.4 is 5.32 Å². The summed E-state index contributed by atoms with van der Waals surface area (Å²) in [7, 11) is 0. The summed E-state index contributed by atoms with van der Waals surface area (Å²) in [5.41, 5.74) is 2.81. The number of benzene rings is 2. The average Bonchev–Trinajstić information content (AvgIpc) is 2.86. The maximum absolute atomic E-state index is 13.3. The average molecular weight is 420 g/mol. The Labute approximate surface area is 185 Å². The Morgan fingerprint density at radius 1 is 0.742 bits per heavy atom. The molecule has 0 unspecified atom stereocenters. The third-order valence-corrected chi connectivity index (χ3v) is 6.40. The van der Waals surface area contributed by atoms with Gasteiger partial charge < -0.3 is 9.80 Å². The number of nitrogens with zero attached hydrogens (tertiary/aromatic N) is 2. The second-order valence-electron chi connectivity index (χ2n) is 8.66. The maximum Gasteiger partial charge on any atom is 0.253 e. The molecule has 1 N–H and O–H groups in total. The number of amides is 2. The summed E-state index contributed by atoms with van der Waals surface area (Å²) in [4.78, 5) is 29.9. The smallest absolute Gasteiger partial charge is 0.253 e. The molecule has 2 fully saturated rings. The van der Waals surface area contributed by atoms with E-state index in [-0.39, 0.29) is 17.9 Å². The van der Waals surface area contributed by atoms with Crippen LogP contribution in [0.4, 0.5) is 0 Å². The van der Waals surface area contributed by atoms with Gasteiger partial charge in [-0.05, 0) is 61.8 Å². The first-order chi connectivity index (χ1) is 15.2. The molecule has 0 radical (unpaired) electrons. The Balaban J connectivity index is 1.41. The van der Waals surface area contributed by atoms with Gasteiger partial charge >= 0.3 is 0 Å². The lowest BCUT2D eigenvalue weighted by Crippen LogP contribution is -2.43. The molecule has 164 valence electrons. The first-order valence-corrected chi connectivity index (χ1v) is 11.7. The molecule has 2 heterocycles. The number of hydrogen-bond donors (Lipinski definition) is 1. The van der Waals surface area contributed by atoms with Crippen LogP contribution in [0.25, 0.3) is 0 Å². The van der Waals surface area contributed by atoms with E-state index < -0.39 is 0 Å². The normalized spacial score (nSPS) is 17.9. The Kier molecular flexibility index (Phi) is 7.36. The van der Waals surface area contributed by atoms with Gasteiger partial charge in [0.15, 0.2) is 0 Å². The first-order valence-electron chi connectivity index (χ1n) is 11.7. The van der Waals surface area contributed by atoms with E-state index >= 15 is 0 Å². The molecule has 0 aliphatic carbocycles. The monoisotopic (exact) mass is 419 g/mol. The summed E-state index contributed by atoms with van der Waals surface area (Å²) < 4.78 is 0. The highest BCUT2D eigenvalue weighted by Crippen LogP contribution is 2.20. The first kappa shape index (κ1) is 21.6. The molecule has 5 heteroatoms. The lowest BCUT2D eigenvalue weighted by molar-refractivity contribution is -0.134. The molecular formula is C26H33N3O2. The fourth-order valence-corrected chi connectivity index (χ4v) is 4.55. The number of carbonyl (C=O) groups excluding carboxylic acids is 2. The fourth-order valence-electron chi connectivity index (χ4n) is 4.55. The fraction of sp³-hybridized carbons (Fsp3) is 0.462. The van der Waals surface area contributed by atoms with Crippen LogP contribution in [0.1, 0.15) is 66.1 Å². The van der Waals surface area contributed by atoms with Crippen LogP contribution in [0.3, 0.4) is 0 Å². The van der Waals surface area contributed by atoms with Crippen LogP contribution in [-0.4, -0.2) is 47.8 Å². The molecule has 1 atom stereocenters. The van der Waals surface area contributed by atoms with Crippen molar-refractivity contribution >= 4 is 11.8 Å². The van der Waals surface area contributed by atoms with E-state index in [4.69, 9.17) is 0 Å². The van der Waals surface area contributed by atoms with Gasteiger partial charge in [0.2, 0.25) is 5.91 Å². The molecule has 2 amide bonds. The van der Waals surface area contributed by atoms with Gasteiger partial charge in [-0.2, -0.15) is 0 Å².